The highest BCUT2D eigenvalue weighted by Gasteiger charge is 2.10. The number of carbonyl (C=O) groups excluding carboxylic acids is 1. The molecule has 2 rings (SSSR count). The number of rotatable bonds is 3. The van der Waals surface area contributed by atoms with Gasteiger partial charge in [0.15, 0.2) is 0 Å². The fourth-order valence-corrected chi connectivity index (χ4v) is 1.77. The minimum Gasteiger partial charge on any atom is -0.497 e. The molecule has 0 radical (unpaired) electrons. The van der Waals surface area contributed by atoms with Crippen molar-refractivity contribution in [3.63, 3.8) is 0 Å². The van der Waals surface area contributed by atoms with E-state index in [1.54, 1.807) is 49.6 Å². The van der Waals surface area contributed by atoms with Crippen LogP contribution in [0.25, 0.3) is 0 Å². The Hall–Kier alpha value is -2.49. The van der Waals surface area contributed by atoms with Crippen molar-refractivity contribution in [2.75, 3.05) is 18.2 Å². The SMILES string of the molecule is COc1ccc(NC(=O)c2cccc(N)c2C)cc1. The number of ether oxygens (including phenoxy) is 1. The number of nitrogens with one attached hydrogen (secondary N) is 1. The van der Waals surface area contributed by atoms with Gasteiger partial charge < -0.3 is 15.8 Å². The lowest BCUT2D eigenvalue weighted by Gasteiger charge is -2.09. The third-order valence-corrected chi connectivity index (χ3v) is 2.97. The van der Waals surface area contributed by atoms with E-state index in [0.717, 1.165) is 11.3 Å². The molecule has 0 fully saturated rings. The number of carbonyl (C=O) groups is 1. The topological polar surface area (TPSA) is 64.3 Å². The molecular weight excluding hydrogens is 240 g/mol. The molecule has 0 spiro atoms. The zero-order chi connectivity index (χ0) is 13.8. The fourth-order valence-electron chi connectivity index (χ4n) is 1.77. The van der Waals surface area contributed by atoms with Crippen LogP contribution in [0.5, 0.6) is 5.75 Å². The zero-order valence-electron chi connectivity index (χ0n) is 10.9. The Labute approximate surface area is 112 Å². The fraction of sp³-hybridized carbons (Fsp3) is 0.133. The molecule has 0 aliphatic carbocycles. The summed E-state index contributed by atoms with van der Waals surface area (Å²) in [4.78, 5) is 12.1. The Morgan fingerprint density at radius 1 is 1.16 bits per heavy atom. The first-order valence-electron chi connectivity index (χ1n) is 5.92. The van der Waals surface area contributed by atoms with Gasteiger partial charge in [-0.3, -0.25) is 4.79 Å². The van der Waals surface area contributed by atoms with Crippen molar-refractivity contribution in [2.24, 2.45) is 0 Å². The van der Waals surface area contributed by atoms with Gasteiger partial charge in [0.05, 0.1) is 7.11 Å². The Bertz CT molecular complexity index is 592. The molecule has 0 atom stereocenters. The van der Waals surface area contributed by atoms with Crippen molar-refractivity contribution in [1.29, 1.82) is 0 Å². The molecule has 0 heterocycles. The van der Waals surface area contributed by atoms with Crippen molar-refractivity contribution in [1.82, 2.24) is 0 Å². The van der Waals surface area contributed by atoms with Crippen molar-refractivity contribution >= 4 is 17.3 Å². The highest BCUT2D eigenvalue weighted by atomic mass is 16.5. The Balaban J connectivity index is 2.18. The predicted molar refractivity (Wildman–Crippen MR) is 76.5 cm³/mol. The smallest absolute Gasteiger partial charge is 0.256 e. The van der Waals surface area contributed by atoms with E-state index in [2.05, 4.69) is 5.32 Å². The van der Waals surface area contributed by atoms with Gasteiger partial charge >= 0.3 is 0 Å². The largest absolute Gasteiger partial charge is 0.497 e. The summed E-state index contributed by atoms with van der Waals surface area (Å²) in [5.41, 5.74) is 8.49. The molecule has 0 aliphatic rings. The Kier molecular flexibility index (Phi) is 3.71. The molecule has 0 aliphatic heterocycles. The van der Waals surface area contributed by atoms with Crippen LogP contribution >= 0.6 is 0 Å². The summed E-state index contributed by atoms with van der Waals surface area (Å²) in [5.74, 6) is 0.577. The predicted octanol–water partition coefficient (Wildman–Crippen LogP) is 2.84. The van der Waals surface area contributed by atoms with Gasteiger partial charge in [0, 0.05) is 16.9 Å². The molecule has 19 heavy (non-hydrogen) atoms. The quantitative estimate of drug-likeness (QED) is 0.830. The van der Waals surface area contributed by atoms with Gasteiger partial charge in [-0.15, -0.1) is 0 Å². The molecule has 4 heteroatoms. The van der Waals surface area contributed by atoms with Crippen molar-refractivity contribution < 1.29 is 9.53 Å². The van der Waals surface area contributed by atoms with Gasteiger partial charge in [-0.2, -0.15) is 0 Å². The van der Waals surface area contributed by atoms with E-state index in [1.165, 1.54) is 0 Å². The number of amides is 1. The van der Waals surface area contributed by atoms with Crippen LogP contribution in [0.3, 0.4) is 0 Å². The van der Waals surface area contributed by atoms with Gasteiger partial charge in [-0.05, 0) is 48.9 Å². The lowest BCUT2D eigenvalue weighted by molar-refractivity contribution is 0.102. The van der Waals surface area contributed by atoms with E-state index < -0.39 is 0 Å². The molecule has 2 aromatic rings. The molecule has 98 valence electrons. The summed E-state index contributed by atoms with van der Waals surface area (Å²) in [6.07, 6.45) is 0. The highest BCUT2D eigenvalue weighted by molar-refractivity contribution is 6.06. The number of nitrogens with two attached hydrogens (primary N) is 1. The maximum atomic E-state index is 12.1. The first kappa shape index (κ1) is 13.0. The van der Waals surface area contributed by atoms with Crippen LogP contribution in [0.1, 0.15) is 15.9 Å². The number of methoxy groups -OCH3 is 1. The van der Waals surface area contributed by atoms with Crippen molar-refractivity contribution in [3.8, 4) is 5.75 Å². The van der Waals surface area contributed by atoms with Gasteiger partial charge in [0.2, 0.25) is 0 Å². The minimum atomic E-state index is -0.171. The van der Waals surface area contributed by atoms with Crippen LogP contribution < -0.4 is 15.8 Å². The lowest BCUT2D eigenvalue weighted by atomic mass is 10.1. The monoisotopic (exact) mass is 256 g/mol. The van der Waals surface area contributed by atoms with Crippen LogP contribution in [-0.4, -0.2) is 13.0 Å². The maximum absolute atomic E-state index is 12.1. The summed E-state index contributed by atoms with van der Waals surface area (Å²) in [7, 11) is 1.60. The third kappa shape index (κ3) is 2.85. The van der Waals surface area contributed by atoms with Crippen LogP contribution in [0.4, 0.5) is 11.4 Å². The van der Waals surface area contributed by atoms with Crippen molar-refractivity contribution in [3.05, 3.63) is 53.6 Å². The Morgan fingerprint density at radius 3 is 2.47 bits per heavy atom. The number of anilines is 2. The minimum absolute atomic E-state index is 0.171. The normalized spacial score (nSPS) is 10.0. The number of nitrogen functional groups attached to an aromatic ring is 1. The molecular formula is C15H16N2O2. The summed E-state index contributed by atoms with van der Waals surface area (Å²) < 4.78 is 5.06. The van der Waals surface area contributed by atoms with E-state index in [1.807, 2.05) is 6.92 Å². The Morgan fingerprint density at radius 2 is 1.84 bits per heavy atom. The van der Waals surface area contributed by atoms with E-state index in [-0.39, 0.29) is 5.91 Å². The average Bonchev–Trinajstić information content (AvgIpc) is 2.42. The molecule has 2 aromatic carbocycles. The highest BCUT2D eigenvalue weighted by Crippen LogP contribution is 2.19. The second kappa shape index (κ2) is 5.44. The molecule has 0 bridgehead atoms. The van der Waals surface area contributed by atoms with Gasteiger partial charge in [-0.1, -0.05) is 6.07 Å². The average molecular weight is 256 g/mol. The molecule has 4 nitrogen and oxygen atoms in total. The standard InChI is InChI=1S/C15H16N2O2/c1-10-13(4-3-5-14(10)16)15(18)17-11-6-8-12(19-2)9-7-11/h3-9H,16H2,1-2H3,(H,17,18). The van der Waals surface area contributed by atoms with Crippen LogP contribution in [-0.2, 0) is 0 Å². The second-order valence-corrected chi connectivity index (χ2v) is 4.20. The third-order valence-electron chi connectivity index (χ3n) is 2.97. The molecule has 0 saturated heterocycles. The maximum Gasteiger partial charge on any atom is 0.256 e. The molecule has 1 amide bonds. The van der Waals surface area contributed by atoms with Crippen LogP contribution in [0, 0.1) is 6.92 Å². The summed E-state index contributed by atoms with van der Waals surface area (Å²) in [6.45, 7) is 1.83. The molecule has 3 N–H and O–H groups in total. The van der Waals surface area contributed by atoms with Gasteiger partial charge in [0.25, 0.3) is 5.91 Å². The molecule has 0 aromatic heterocycles. The van der Waals surface area contributed by atoms with Crippen molar-refractivity contribution in [2.45, 2.75) is 6.92 Å². The zero-order valence-corrected chi connectivity index (χ0v) is 10.9. The first-order chi connectivity index (χ1) is 9.11. The summed E-state index contributed by atoms with van der Waals surface area (Å²) in [5, 5.41) is 2.83. The van der Waals surface area contributed by atoms with E-state index in [4.69, 9.17) is 10.5 Å². The second-order valence-electron chi connectivity index (χ2n) is 4.20. The first-order valence-corrected chi connectivity index (χ1v) is 5.92. The van der Waals surface area contributed by atoms with Gasteiger partial charge in [0.1, 0.15) is 5.75 Å². The number of hydrogen-bond donors (Lipinski definition) is 2. The summed E-state index contributed by atoms with van der Waals surface area (Å²) >= 11 is 0. The van der Waals surface area contributed by atoms with Crippen LogP contribution in [0.15, 0.2) is 42.5 Å². The van der Waals surface area contributed by atoms with E-state index >= 15 is 0 Å². The number of benzene rings is 2. The number of hydrogen-bond acceptors (Lipinski definition) is 3. The van der Waals surface area contributed by atoms with E-state index in [0.29, 0.717) is 16.9 Å². The van der Waals surface area contributed by atoms with Crippen LogP contribution in [0.2, 0.25) is 0 Å². The molecule has 0 unspecified atom stereocenters. The summed E-state index contributed by atoms with van der Waals surface area (Å²) in [6, 6.07) is 12.5. The molecule has 0 saturated carbocycles. The van der Waals surface area contributed by atoms with Gasteiger partial charge in [-0.25, -0.2) is 0 Å². The van der Waals surface area contributed by atoms with E-state index in [9.17, 15) is 4.79 Å². The lowest BCUT2D eigenvalue weighted by Crippen LogP contribution is -2.14.